The lowest BCUT2D eigenvalue weighted by Gasteiger charge is -2.40. The first kappa shape index (κ1) is 15.3. The van der Waals surface area contributed by atoms with Crippen LogP contribution in [0, 0.1) is 6.92 Å². The van der Waals surface area contributed by atoms with E-state index in [-0.39, 0.29) is 11.6 Å². The Balaban J connectivity index is 1.38. The second-order valence-electron chi connectivity index (χ2n) is 7.09. The summed E-state index contributed by atoms with van der Waals surface area (Å²) in [6.45, 7) is 5.97. The van der Waals surface area contributed by atoms with Crippen LogP contribution in [0.1, 0.15) is 44.6 Å². The average Bonchev–Trinajstić information content (AvgIpc) is 3.05. The number of hydrogen-bond acceptors (Lipinski definition) is 7. The number of anilines is 1. The van der Waals surface area contributed by atoms with Gasteiger partial charge in [-0.25, -0.2) is 14.6 Å². The maximum atomic E-state index is 5.90. The molecule has 2 aliphatic rings. The standard InChI is InChI=1S/C16H23N7O/c1-12-10-17-14(18-11-12)24-13-4-8-22(9-5-13)15-19-20-21-23(15)16(2)6-3-7-16/h10-11,13H,3-9H2,1-2H3. The number of rotatable bonds is 4. The van der Waals surface area contributed by atoms with Crippen LogP contribution in [0.15, 0.2) is 12.4 Å². The molecule has 24 heavy (non-hydrogen) atoms. The first-order valence-electron chi connectivity index (χ1n) is 8.63. The van der Waals surface area contributed by atoms with E-state index in [1.807, 2.05) is 11.6 Å². The Kier molecular flexibility index (Phi) is 3.82. The summed E-state index contributed by atoms with van der Waals surface area (Å²) < 4.78 is 7.91. The molecule has 1 saturated carbocycles. The monoisotopic (exact) mass is 329 g/mol. The third-order valence-corrected chi connectivity index (χ3v) is 5.15. The Morgan fingerprint density at radius 2 is 1.88 bits per heavy atom. The van der Waals surface area contributed by atoms with Crippen molar-refractivity contribution in [1.82, 2.24) is 30.2 Å². The van der Waals surface area contributed by atoms with Crippen molar-refractivity contribution in [2.45, 2.75) is 57.6 Å². The van der Waals surface area contributed by atoms with Gasteiger partial charge in [0.1, 0.15) is 6.10 Å². The molecule has 1 aliphatic heterocycles. The van der Waals surface area contributed by atoms with Crippen LogP contribution in [0.3, 0.4) is 0 Å². The van der Waals surface area contributed by atoms with Gasteiger partial charge in [0.05, 0.1) is 5.54 Å². The van der Waals surface area contributed by atoms with Crippen LogP contribution >= 0.6 is 0 Å². The van der Waals surface area contributed by atoms with Crippen LogP contribution in [0.5, 0.6) is 6.01 Å². The topological polar surface area (TPSA) is 81.9 Å². The molecular formula is C16H23N7O. The molecule has 4 rings (SSSR count). The van der Waals surface area contributed by atoms with Crippen LogP contribution < -0.4 is 9.64 Å². The fourth-order valence-corrected chi connectivity index (χ4v) is 3.39. The van der Waals surface area contributed by atoms with Crippen molar-refractivity contribution in [2.24, 2.45) is 0 Å². The molecule has 1 aliphatic carbocycles. The molecule has 0 unspecified atom stereocenters. The van der Waals surface area contributed by atoms with Gasteiger partial charge in [-0.1, -0.05) is 5.10 Å². The zero-order chi connectivity index (χ0) is 16.6. The molecule has 2 fully saturated rings. The lowest BCUT2D eigenvalue weighted by molar-refractivity contribution is 0.141. The first-order chi connectivity index (χ1) is 11.6. The number of hydrogen-bond donors (Lipinski definition) is 0. The molecule has 0 spiro atoms. The maximum Gasteiger partial charge on any atom is 0.316 e. The minimum atomic E-state index is 0.0852. The van der Waals surface area contributed by atoms with Gasteiger partial charge in [-0.15, -0.1) is 0 Å². The van der Waals surface area contributed by atoms with Crippen LogP contribution in [-0.2, 0) is 5.54 Å². The molecule has 1 saturated heterocycles. The van der Waals surface area contributed by atoms with Crippen LogP contribution in [0.2, 0.25) is 0 Å². The van der Waals surface area contributed by atoms with Gasteiger partial charge in [0, 0.05) is 38.3 Å². The minimum Gasteiger partial charge on any atom is -0.460 e. The Bertz CT molecular complexity index is 687. The molecular weight excluding hydrogens is 306 g/mol. The normalized spacial score (nSPS) is 20.7. The smallest absolute Gasteiger partial charge is 0.316 e. The second-order valence-corrected chi connectivity index (χ2v) is 7.09. The Hall–Kier alpha value is -2.25. The number of ether oxygens (including phenoxy) is 1. The molecule has 128 valence electrons. The predicted octanol–water partition coefficient (Wildman–Crippen LogP) is 1.72. The van der Waals surface area contributed by atoms with E-state index in [1.165, 1.54) is 6.42 Å². The molecule has 3 heterocycles. The van der Waals surface area contributed by atoms with Gasteiger partial charge in [-0.2, -0.15) is 0 Å². The summed E-state index contributed by atoms with van der Waals surface area (Å²) in [5.41, 5.74) is 1.12. The third kappa shape index (κ3) is 2.81. The molecule has 2 aromatic rings. The van der Waals surface area contributed by atoms with Crippen molar-refractivity contribution in [2.75, 3.05) is 18.0 Å². The quantitative estimate of drug-likeness (QED) is 0.844. The fraction of sp³-hybridized carbons (Fsp3) is 0.688. The van der Waals surface area contributed by atoms with Crippen molar-refractivity contribution >= 4 is 5.95 Å². The maximum absolute atomic E-state index is 5.90. The summed E-state index contributed by atoms with van der Waals surface area (Å²) in [7, 11) is 0. The highest BCUT2D eigenvalue weighted by molar-refractivity contribution is 5.30. The Labute approximate surface area is 141 Å². The van der Waals surface area contributed by atoms with E-state index >= 15 is 0 Å². The van der Waals surface area contributed by atoms with Gasteiger partial charge in [0.2, 0.25) is 5.95 Å². The number of aromatic nitrogens is 6. The minimum absolute atomic E-state index is 0.0852. The van der Waals surface area contributed by atoms with Crippen molar-refractivity contribution in [1.29, 1.82) is 0 Å². The molecule has 2 aromatic heterocycles. The summed E-state index contributed by atoms with van der Waals surface area (Å²) in [5.74, 6) is 0.891. The van der Waals surface area contributed by atoms with Gasteiger partial charge in [0.25, 0.3) is 0 Å². The molecule has 0 aromatic carbocycles. The van der Waals surface area contributed by atoms with E-state index in [1.54, 1.807) is 12.4 Å². The van der Waals surface area contributed by atoms with Crippen LogP contribution in [0.25, 0.3) is 0 Å². The van der Waals surface area contributed by atoms with Crippen LogP contribution in [-0.4, -0.2) is 49.4 Å². The Morgan fingerprint density at radius 3 is 2.50 bits per heavy atom. The van der Waals surface area contributed by atoms with E-state index in [2.05, 4.69) is 37.3 Å². The molecule has 0 radical (unpaired) electrons. The van der Waals surface area contributed by atoms with Gasteiger partial charge in [-0.3, -0.25) is 0 Å². The van der Waals surface area contributed by atoms with Gasteiger partial charge < -0.3 is 9.64 Å². The zero-order valence-electron chi connectivity index (χ0n) is 14.2. The number of piperidine rings is 1. The highest BCUT2D eigenvalue weighted by Crippen LogP contribution is 2.40. The number of nitrogens with zero attached hydrogens (tertiary/aromatic N) is 7. The van der Waals surface area contributed by atoms with Crippen molar-refractivity contribution in [3.63, 3.8) is 0 Å². The van der Waals surface area contributed by atoms with Gasteiger partial charge >= 0.3 is 6.01 Å². The highest BCUT2D eigenvalue weighted by Gasteiger charge is 2.38. The van der Waals surface area contributed by atoms with E-state index in [4.69, 9.17) is 4.74 Å². The van der Waals surface area contributed by atoms with E-state index in [9.17, 15) is 0 Å². The van der Waals surface area contributed by atoms with E-state index in [0.717, 1.165) is 50.3 Å². The summed E-state index contributed by atoms with van der Waals surface area (Å²) in [6, 6.07) is 0.464. The summed E-state index contributed by atoms with van der Waals surface area (Å²) in [4.78, 5) is 10.7. The van der Waals surface area contributed by atoms with E-state index < -0.39 is 0 Å². The number of aryl methyl sites for hydroxylation is 1. The zero-order valence-corrected chi connectivity index (χ0v) is 14.2. The molecule has 0 atom stereocenters. The molecule has 8 heteroatoms. The van der Waals surface area contributed by atoms with E-state index in [0.29, 0.717) is 6.01 Å². The van der Waals surface area contributed by atoms with Gasteiger partial charge in [0.15, 0.2) is 0 Å². The lowest BCUT2D eigenvalue weighted by Crippen LogP contribution is -2.44. The molecule has 0 bridgehead atoms. The molecule has 0 N–H and O–H groups in total. The SMILES string of the molecule is Cc1cnc(OC2CCN(c3nnnn3C3(C)CCC3)CC2)nc1. The Morgan fingerprint density at radius 1 is 1.17 bits per heavy atom. The second kappa shape index (κ2) is 5.99. The molecule has 0 amide bonds. The van der Waals surface area contributed by atoms with Crippen molar-refractivity contribution < 1.29 is 4.74 Å². The predicted molar refractivity (Wildman–Crippen MR) is 87.9 cm³/mol. The lowest BCUT2D eigenvalue weighted by atomic mass is 9.79. The third-order valence-electron chi connectivity index (χ3n) is 5.15. The molecule has 8 nitrogen and oxygen atoms in total. The van der Waals surface area contributed by atoms with Gasteiger partial charge in [-0.05, 0) is 49.1 Å². The largest absolute Gasteiger partial charge is 0.460 e. The average molecular weight is 329 g/mol. The fourth-order valence-electron chi connectivity index (χ4n) is 3.39. The summed E-state index contributed by atoms with van der Waals surface area (Å²) in [5, 5.41) is 12.4. The van der Waals surface area contributed by atoms with Crippen molar-refractivity contribution in [3.05, 3.63) is 18.0 Å². The van der Waals surface area contributed by atoms with Crippen LogP contribution in [0.4, 0.5) is 5.95 Å². The first-order valence-corrected chi connectivity index (χ1v) is 8.63. The summed E-state index contributed by atoms with van der Waals surface area (Å²) in [6.07, 6.45) is 9.09. The highest BCUT2D eigenvalue weighted by atomic mass is 16.5. The number of tetrazole rings is 1. The summed E-state index contributed by atoms with van der Waals surface area (Å²) >= 11 is 0. The van der Waals surface area contributed by atoms with Crippen molar-refractivity contribution in [3.8, 4) is 6.01 Å².